The molecule has 4 rings (SSSR count). The summed E-state index contributed by atoms with van der Waals surface area (Å²) in [5.74, 6) is -7.93. The fourth-order valence-electron chi connectivity index (χ4n) is 10.1. The van der Waals surface area contributed by atoms with Crippen LogP contribution in [0, 0.1) is 35.5 Å². The Morgan fingerprint density at radius 2 is 1.58 bits per heavy atom. The predicted molar refractivity (Wildman–Crippen MR) is 245 cm³/mol. The lowest BCUT2D eigenvalue weighted by molar-refractivity contribution is -0.265. The number of aliphatic hydroxyl groups is 3. The summed E-state index contributed by atoms with van der Waals surface area (Å²) >= 11 is 0. The SMILES string of the molecule is CO[C@H]1C[C@@H]2CC[C@@H](C)[C@@](O)(O2)C(=O)C(=O)N2CCCC[C@H]2C(=O)OC([C@H](C)CC2CC[C@@H](O)[C@H](OC)C2)CC(=O)C(C)=CC(C)[C@H](O)[C@@H](OC)C(=O)[C@H](C)C[C@H](C)C=CC=CC=C1C. The summed E-state index contributed by atoms with van der Waals surface area (Å²) < 4.78 is 29.4. The second kappa shape index (κ2) is 25.1. The van der Waals surface area contributed by atoms with Gasteiger partial charge in [0.05, 0.1) is 30.5 Å². The molecule has 14 nitrogen and oxygen atoms in total. The summed E-state index contributed by atoms with van der Waals surface area (Å²) in [5.41, 5.74) is 1.19. The van der Waals surface area contributed by atoms with Crippen molar-refractivity contribution >= 4 is 29.2 Å². The third-order valence-electron chi connectivity index (χ3n) is 14.5. The highest BCUT2D eigenvalue weighted by Crippen LogP contribution is 2.38. The topological polar surface area (TPSA) is 195 Å². The number of Topliss-reactive ketones (excluding diaryl/α,β-unsaturated/α-hetero) is 3. The van der Waals surface area contributed by atoms with Crippen molar-refractivity contribution in [2.24, 2.45) is 35.5 Å². The van der Waals surface area contributed by atoms with Crippen LogP contribution in [0.2, 0.25) is 0 Å². The van der Waals surface area contributed by atoms with Gasteiger partial charge in [-0.1, -0.05) is 71.1 Å². The minimum atomic E-state index is -2.43. The van der Waals surface area contributed by atoms with Crippen molar-refractivity contribution in [3.05, 3.63) is 47.6 Å². The normalized spacial score (nSPS) is 37.8. The zero-order valence-electron chi connectivity index (χ0n) is 40.6. The van der Waals surface area contributed by atoms with Gasteiger partial charge in [0, 0.05) is 58.5 Å². The van der Waals surface area contributed by atoms with E-state index in [1.807, 2.05) is 58.1 Å². The fourth-order valence-corrected chi connectivity index (χ4v) is 10.1. The summed E-state index contributed by atoms with van der Waals surface area (Å²) in [5, 5.41) is 33.9. The van der Waals surface area contributed by atoms with Crippen LogP contribution < -0.4 is 0 Å². The van der Waals surface area contributed by atoms with E-state index in [1.54, 1.807) is 41.1 Å². The molecule has 3 heterocycles. The van der Waals surface area contributed by atoms with E-state index in [4.69, 9.17) is 23.7 Å². The number of fused-ring (bicyclic) bond motifs is 3. The number of rotatable bonds is 6. The molecule has 0 aromatic heterocycles. The number of hydrogen-bond acceptors (Lipinski definition) is 13. The summed E-state index contributed by atoms with van der Waals surface area (Å²) in [6, 6.07) is -1.14. The number of ketones is 3. The maximum absolute atomic E-state index is 14.4. The Hall–Kier alpha value is -3.37. The Labute approximate surface area is 387 Å². The van der Waals surface area contributed by atoms with Crippen LogP contribution in [0.4, 0.5) is 0 Å². The lowest BCUT2D eigenvalue weighted by Gasteiger charge is -2.42. The Bertz CT molecular complexity index is 1760. The van der Waals surface area contributed by atoms with Gasteiger partial charge < -0.3 is 43.9 Å². The van der Waals surface area contributed by atoms with Crippen LogP contribution in [0.25, 0.3) is 0 Å². The van der Waals surface area contributed by atoms with Gasteiger partial charge in [-0.25, -0.2) is 4.79 Å². The van der Waals surface area contributed by atoms with Crippen molar-refractivity contribution in [1.29, 1.82) is 0 Å². The summed E-state index contributed by atoms with van der Waals surface area (Å²) in [6.45, 7) is 12.7. The smallest absolute Gasteiger partial charge is 0.329 e. The van der Waals surface area contributed by atoms with E-state index < -0.39 is 83.9 Å². The van der Waals surface area contributed by atoms with Crippen molar-refractivity contribution < 1.29 is 63.0 Å². The number of amides is 1. The average molecular weight is 914 g/mol. The lowest BCUT2D eigenvalue weighted by Crippen LogP contribution is -2.61. The first kappa shape index (κ1) is 54.2. The van der Waals surface area contributed by atoms with Crippen LogP contribution in [-0.2, 0) is 47.7 Å². The molecule has 3 N–H and O–H groups in total. The van der Waals surface area contributed by atoms with Crippen molar-refractivity contribution in [2.75, 3.05) is 27.9 Å². The molecule has 3 fully saturated rings. The van der Waals surface area contributed by atoms with Crippen molar-refractivity contribution in [2.45, 2.75) is 180 Å². The van der Waals surface area contributed by atoms with Crippen LogP contribution in [0.1, 0.15) is 126 Å². The maximum atomic E-state index is 14.4. The Kier molecular flexibility index (Phi) is 21.0. The van der Waals surface area contributed by atoms with Gasteiger partial charge in [-0.15, -0.1) is 0 Å². The maximum Gasteiger partial charge on any atom is 0.329 e. The molecule has 0 radical (unpaired) electrons. The molecule has 65 heavy (non-hydrogen) atoms. The first-order valence-corrected chi connectivity index (χ1v) is 23.9. The highest BCUT2D eigenvalue weighted by atomic mass is 16.6. The molecular weight excluding hydrogens is 835 g/mol. The molecule has 15 atom stereocenters. The van der Waals surface area contributed by atoms with Crippen molar-refractivity contribution in [1.82, 2.24) is 4.90 Å². The molecule has 2 bridgehead atoms. The van der Waals surface area contributed by atoms with E-state index in [0.29, 0.717) is 63.4 Å². The molecule has 366 valence electrons. The van der Waals surface area contributed by atoms with Crippen LogP contribution >= 0.6 is 0 Å². The van der Waals surface area contributed by atoms with Crippen molar-refractivity contribution in [3.8, 4) is 0 Å². The molecule has 0 aromatic carbocycles. The van der Waals surface area contributed by atoms with Crippen molar-refractivity contribution in [3.63, 3.8) is 0 Å². The number of hydrogen-bond donors (Lipinski definition) is 3. The zero-order chi connectivity index (χ0) is 48.2. The van der Waals surface area contributed by atoms with E-state index in [0.717, 1.165) is 12.0 Å². The Balaban J connectivity index is 1.70. The highest BCUT2D eigenvalue weighted by Gasteiger charge is 2.53. The van der Waals surface area contributed by atoms with E-state index in [2.05, 4.69) is 0 Å². The monoisotopic (exact) mass is 914 g/mol. The first-order valence-electron chi connectivity index (χ1n) is 23.9. The molecule has 14 heteroatoms. The lowest BCUT2D eigenvalue weighted by atomic mass is 9.78. The molecule has 0 aromatic rings. The molecule has 0 spiro atoms. The van der Waals surface area contributed by atoms with Crippen LogP contribution in [0.15, 0.2) is 47.6 Å². The molecule has 2 saturated heterocycles. The van der Waals surface area contributed by atoms with Gasteiger partial charge in [0.25, 0.3) is 11.7 Å². The molecular formula is C51H79NO13. The minimum absolute atomic E-state index is 0.0220. The predicted octanol–water partition coefficient (Wildman–Crippen LogP) is 6.18. The first-order chi connectivity index (χ1) is 30.7. The van der Waals surface area contributed by atoms with E-state index in [-0.39, 0.29) is 54.8 Å². The van der Waals surface area contributed by atoms with Gasteiger partial charge in [-0.2, -0.15) is 0 Å². The van der Waals surface area contributed by atoms with E-state index in [9.17, 15) is 39.3 Å². The second-order valence-corrected chi connectivity index (χ2v) is 19.6. The van der Waals surface area contributed by atoms with Gasteiger partial charge in [0.1, 0.15) is 18.2 Å². The van der Waals surface area contributed by atoms with Gasteiger partial charge in [0.2, 0.25) is 5.79 Å². The number of aliphatic hydroxyl groups excluding tert-OH is 2. The Morgan fingerprint density at radius 3 is 2.26 bits per heavy atom. The standard InChI is InChI=1S/C51H79NO13/c1-30-16-12-11-13-17-31(2)42(61-8)28-38-21-19-36(7)51(60,65-38)48(57)49(58)52-23-15-14-18-39(52)50(59)64-43(33(4)26-37-20-22-40(53)44(27-37)62-9)29-41(54)32(3)25-35(6)46(56)47(63-10)45(55)34(5)24-30/h11-13,16-17,25,30,33-40,42-44,46-47,53,56,60H,14-15,18-24,26-29H2,1-10H3/t30-,33-,34-,35?,36-,37?,38+,39+,40-,42+,43?,44-,46+,47+,51-/m1/s1. The zero-order valence-corrected chi connectivity index (χ0v) is 40.6. The van der Waals surface area contributed by atoms with Gasteiger partial charge in [0.15, 0.2) is 11.6 Å². The number of esters is 1. The molecule has 1 saturated carbocycles. The van der Waals surface area contributed by atoms with Crippen LogP contribution in [0.5, 0.6) is 0 Å². The second-order valence-electron chi connectivity index (χ2n) is 19.6. The number of carbonyl (C=O) groups is 5. The molecule has 1 amide bonds. The third kappa shape index (κ3) is 14.3. The summed E-state index contributed by atoms with van der Waals surface area (Å²) in [6.07, 6.45) is 11.2. The molecule has 3 unspecified atom stereocenters. The summed E-state index contributed by atoms with van der Waals surface area (Å²) in [7, 11) is 4.53. The quantitative estimate of drug-likeness (QED) is 0.202. The van der Waals surface area contributed by atoms with E-state index in [1.165, 1.54) is 12.0 Å². The molecule has 4 aliphatic rings. The third-order valence-corrected chi connectivity index (χ3v) is 14.5. The largest absolute Gasteiger partial charge is 0.460 e. The summed E-state index contributed by atoms with van der Waals surface area (Å²) in [4.78, 5) is 71.7. The van der Waals surface area contributed by atoms with Crippen LogP contribution in [-0.4, -0.2) is 132 Å². The number of ether oxygens (including phenoxy) is 5. The van der Waals surface area contributed by atoms with Gasteiger partial charge in [-0.3, -0.25) is 19.2 Å². The van der Waals surface area contributed by atoms with Crippen LogP contribution in [0.3, 0.4) is 0 Å². The minimum Gasteiger partial charge on any atom is -0.460 e. The average Bonchev–Trinajstić information content (AvgIpc) is 3.28. The molecule has 1 aliphatic carbocycles. The number of cyclic esters (lactones) is 1. The molecule has 3 aliphatic heterocycles. The number of allylic oxidation sites excluding steroid dienone is 6. The highest BCUT2D eigenvalue weighted by molar-refractivity contribution is 6.39. The van der Waals surface area contributed by atoms with Gasteiger partial charge >= 0.3 is 5.97 Å². The number of methoxy groups -OCH3 is 3. The van der Waals surface area contributed by atoms with E-state index >= 15 is 0 Å². The number of carbonyl (C=O) groups excluding carboxylic acids is 5. The Morgan fingerprint density at radius 1 is 0.862 bits per heavy atom. The van der Waals surface area contributed by atoms with Gasteiger partial charge in [-0.05, 0) is 107 Å². The number of piperidine rings is 1. The fraction of sp³-hybridized carbons (Fsp3) is 0.745. The number of nitrogens with zero attached hydrogens (tertiary/aromatic N) is 1.